The number of hydrogen-bond donors (Lipinski definition) is 1. The van der Waals surface area contributed by atoms with E-state index in [4.69, 9.17) is 0 Å². The van der Waals surface area contributed by atoms with E-state index in [1.54, 1.807) is 17.1 Å². The largest absolute Gasteiger partial charge is 0.378 e. The predicted octanol–water partition coefficient (Wildman–Crippen LogP) is 1.68. The molecule has 0 spiro atoms. The van der Waals surface area contributed by atoms with Gasteiger partial charge in [-0.3, -0.25) is 4.68 Å². The van der Waals surface area contributed by atoms with E-state index in [0.29, 0.717) is 6.54 Å². The lowest BCUT2D eigenvalue weighted by molar-refractivity contribution is 0.773. The molecule has 3 aromatic heterocycles. The highest BCUT2D eigenvalue weighted by Gasteiger charge is 2.06. The van der Waals surface area contributed by atoms with Crippen molar-refractivity contribution in [3.8, 4) is 0 Å². The highest BCUT2D eigenvalue weighted by Crippen LogP contribution is 2.17. The minimum atomic E-state index is 0.685. The molecule has 96 valence electrons. The van der Waals surface area contributed by atoms with Crippen LogP contribution in [0.5, 0.6) is 0 Å². The topological polar surface area (TPSA) is 68.5 Å². The highest BCUT2D eigenvalue weighted by molar-refractivity contribution is 5.78. The molecule has 3 heterocycles. The van der Waals surface area contributed by atoms with Crippen molar-refractivity contribution in [2.45, 2.75) is 13.5 Å². The maximum absolute atomic E-state index is 4.44. The molecule has 0 saturated carbocycles. The zero-order chi connectivity index (χ0) is 13.2. The molecule has 0 unspecified atom stereocenters. The van der Waals surface area contributed by atoms with Gasteiger partial charge in [0.1, 0.15) is 6.33 Å². The summed E-state index contributed by atoms with van der Waals surface area (Å²) in [6.07, 6.45) is 6.86. The highest BCUT2D eigenvalue weighted by atomic mass is 15.3. The Morgan fingerprint density at radius 3 is 2.79 bits per heavy atom. The van der Waals surface area contributed by atoms with Gasteiger partial charge in [0.2, 0.25) is 0 Å². The molecule has 0 fully saturated rings. The third kappa shape index (κ3) is 2.24. The van der Waals surface area contributed by atoms with Crippen LogP contribution in [0.25, 0.3) is 11.0 Å². The molecule has 0 aromatic carbocycles. The first kappa shape index (κ1) is 11.6. The average Bonchev–Trinajstić information content (AvgIpc) is 2.73. The van der Waals surface area contributed by atoms with E-state index < -0.39 is 0 Å². The Kier molecular flexibility index (Phi) is 2.83. The molecule has 0 atom stereocenters. The van der Waals surface area contributed by atoms with Crippen molar-refractivity contribution in [3.05, 3.63) is 42.2 Å². The van der Waals surface area contributed by atoms with E-state index in [0.717, 1.165) is 28.0 Å². The Labute approximate surface area is 110 Å². The van der Waals surface area contributed by atoms with E-state index in [1.807, 2.05) is 20.2 Å². The van der Waals surface area contributed by atoms with Crippen LogP contribution >= 0.6 is 0 Å². The van der Waals surface area contributed by atoms with Crippen molar-refractivity contribution >= 4 is 16.7 Å². The summed E-state index contributed by atoms with van der Waals surface area (Å²) in [7, 11) is 1.90. The Morgan fingerprint density at radius 1 is 1.21 bits per heavy atom. The molecule has 3 rings (SSSR count). The molecule has 1 N–H and O–H groups in total. The zero-order valence-corrected chi connectivity index (χ0v) is 10.8. The third-order valence-electron chi connectivity index (χ3n) is 2.98. The molecule has 0 bridgehead atoms. The fourth-order valence-corrected chi connectivity index (χ4v) is 2.04. The second-order valence-corrected chi connectivity index (χ2v) is 4.40. The summed E-state index contributed by atoms with van der Waals surface area (Å²) in [5.74, 6) is 0. The first-order valence-corrected chi connectivity index (χ1v) is 6.01. The quantitative estimate of drug-likeness (QED) is 0.770. The van der Waals surface area contributed by atoms with Crippen LogP contribution in [-0.4, -0.2) is 24.7 Å². The van der Waals surface area contributed by atoms with E-state index >= 15 is 0 Å². The van der Waals surface area contributed by atoms with Crippen LogP contribution < -0.4 is 5.32 Å². The van der Waals surface area contributed by atoms with Gasteiger partial charge >= 0.3 is 0 Å². The van der Waals surface area contributed by atoms with Gasteiger partial charge in [0.15, 0.2) is 5.65 Å². The van der Waals surface area contributed by atoms with Gasteiger partial charge in [0, 0.05) is 25.2 Å². The number of nitrogens with one attached hydrogen (secondary N) is 1. The summed E-state index contributed by atoms with van der Waals surface area (Å²) >= 11 is 0. The molecule has 0 amide bonds. The molecule has 6 nitrogen and oxygen atoms in total. The minimum absolute atomic E-state index is 0.685. The lowest BCUT2D eigenvalue weighted by Gasteiger charge is -2.05. The van der Waals surface area contributed by atoms with Crippen molar-refractivity contribution < 1.29 is 0 Å². The maximum Gasteiger partial charge on any atom is 0.157 e. The fraction of sp³-hybridized carbons (Fsp3) is 0.231. The van der Waals surface area contributed by atoms with Gasteiger partial charge in [0.05, 0.1) is 23.8 Å². The number of pyridine rings is 1. The van der Waals surface area contributed by atoms with E-state index in [2.05, 4.69) is 31.4 Å². The van der Waals surface area contributed by atoms with Crippen LogP contribution in [-0.2, 0) is 13.6 Å². The number of nitrogens with zero attached hydrogens (tertiary/aromatic N) is 5. The van der Waals surface area contributed by atoms with Crippen LogP contribution in [0.3, 0.4) is 0 Å². The molecule has 0 aliphatic carbocycles. The minimum Gasteiger partial charge on any atom is -0.378 e. The molecule has 0 aliphatic rings. The number of rotatable bonds is 3. The Morgan fingerprint density at radius 2 is 2.00 bits per heavy atom. The SMILES string of the molecule is Cc1nn(C)c2ncc(CNc3cncnc3)cc12. The normalized spacial score (nSPS) is 10.8. The van der Waals surface area contributed by atoms with Gasteiger partial charge in [0.25, 0.3) is 0 Å². The summed E-state index contributed by atoms with van der Waals surface area (Å²) in [4.78, 5) is 12.4. The maximum atomic E-state index is 4.44. The first-order valence-electron chi connectivity index (χ1n) is 6.01. The van der Waals surface area contributed by atoms with Gasteiger partial charge < -0.3 is 5.32 Å². The molecule has 6 heteroatoms. The lowest BCUT2D eigenvalue weighted by atomic mass is 10.2. The zero-order valence-electron chi connectivity index (χ0n) is 10.8. The van der Waals surface area contributed by atoms with Crippen LogP contribution in [0.2, 0.25) is 0 Å². The summed E-state index contributed by atoms with van der Waals surface area (Å²) in [5.41, 5.74) is 3.90. The number of aryl methyl sites for hydroxylation is 2. The van der Waals surface area contributed by atoms with Crippen molar-refractivity contribution in [2.75, 3.05) is 5.32 Å². The van der Waals surface area contributed by atoms with Crippen molar-refractivity contribution in [1.82, 2.24) is 24.7 Å². The third-order valence-corrected chi connectivity index (χ3v) is 2.98. The standard InChI is InChI=1S/C13H14N6/c1-9-12-3-10(5-17-13(12)19(2)18-9)4-16-11-6-14-8-15-7-11/h3,5-8,16H,4H2,1-2H3. The Bertz CT molecular complexity index is 704. The van der Waals surface area contributed by atoms with Gasteiger partial charge in [-0.2, -0.15) is 5.10 Å². The fourth-order valence-electron chi connectivity index (χ4n) is 2.04. The monoisotopic (exact) mass is 254 g/mol. The first-order chi connectivity index (χ1) is 9.24. The number of anilines is 1. The predicted molar refractivity (Wildman–Crippen MR) is 72.6 cm³/mol. The number of fused-ring (bicyclic) bond motifs is 1. The Hall–Kier alpha value is -2.50. The van der Waals surface area contributed by atoms with Gasteiger partial charge in [-0.15, -0.1) is 0 Å². The number of hydrogen-bond acceptors (Lipinski definition) is 5. The van der Waals surface area contributed by atoms with Crippen LogP contribution in [0.4, 0.5) is 5.69 Å². The number of aromatic nitrogens is 5. The van der Waals surface area contributed by atoms with Crippen LogP contribution in [0.15, 0.2) is 31.0 Å². The van der Waals surface area contributed by atoms with Gasteiger partial charge in [-0.25, -0.2) is 15.0 Å². The molecular weight excluding hydrogens is 240 g/mol. The second-order valence-electron chi connectivity index (χ2n) is 4.40. The van der Waals surface area contributed by atoms with E-state index in [-0.39, 0.29) is 0 Å². The molecule has 3 aromatic rings. The Balaban J connectivity index is 1.84. The summed E-state index contributed by atoms with van der Waals surface area (Å²) in [5, 5.41) is 8.71. The van der Waals surface area contributed by atoms with E-state index in [9.17, 15) is 0 Å². The van der Waals surface area contributed by atoms with Crippen LogP contribution in [0.1, 0.15) is 11.3 Å². The molecule has 0 aliphatic heterocycles. The smallest absolute Gasteiger partial charge is 0.157 e. The van der Waals surface area contributed by atoms with Gasteiger partial charge in [-0.05, 0) is 18.6 Å². The van der Waals surface area contributed by atoms with Crippen molar-refractivity contribution in [1.29, 1.82) is 0 Å². The average molecular weight is 254 g/mol. The molecular formula is C13H14N6. The summed E-state index contributed by atoms with van der Waals surface area (Å²) in [6, 6.07) is 2.11. The lowest BCUT2D eigenvalue weighted by Crippen LogP contribution is -2.01. The van der Waals surface area contributed by atoms with Crippen LogP contribution in [0, 0.1) is 6.92 Å². The van der Waals surface area contributed by atoms with Gasteiger partial charge in [-0.1, -0.05) is 0 Å². The molecule has 19 heavy (non-hydrogen) atoms. The summed E-state index contributed by atoms with van der Waals surface area (Å²) < 4.78 is 1.80. The summed E-state index contributed by atoms with van der Waals surface area (Å²) in [6.45, 7) is 2.68. The van der Waals surface area contributed by atoms with Crippen molar-refractivity contribution in [3.63, 3.8) is 0 Å². The second kappa shape index (κ2) is 4.64. The van der Waals surface area contributed by atoms with E-state index in [1.165, 1.54) is 6.33 Å². The van der Waals surface area contributed by atoms with Crippen molar-refractivity contribution in [2.24, 2.45) is 7.05 Å². The molecule has 0 radical (unpaired) electrons. The molecule has 0 saturated heterocycles.